The van der Waals surface area contributed by atoms with Gasteiger partial charge in [-0.15, -0.1) is 11.3 Å². The highest BCUT2D eigenvalue weighted by Gasteiger charge is 2.30. The molecule has 0 bridgehead atoms. The summed E-state index contributed by atoms with van der Waals surface area (Å²) in [6.45, 7) is 9.98. The minimum atomic E-state index is -0.0816. The molecule has 3 rings (SSSR count). The fraction of sp³-hybridized carbons (Fsp3) is 0.529. The SMILES string of the molecule is C[C@@H]1CN(c2ccc(=N)n(N=N)c2)C[C@@H](c2nc(C(C)(C)C)cs2)O1. The number of pyridine rings is 1. The smallest absolute Gasteiger partial charge is 0.147 e. The Morgan fingerprint density at radius 1 is 1.32 bits per heavy atom. The summed E-state index contributed by atoms with van der Waals surface area (Å²) in [6, 6.07) is 3.55. The Bertz CT molecular complexity index is 821. The zero-order valence-electron chi connectivity index (χ0n) is 15.0. The first-order valence-corrected chi connectivity index (χ1v) is 9.17. The summed E-state index contributed by atoms with van der Waals surface area (Å²) in [5.74, 6) is 0. The molecule has 3 heterocycles. The van der Waals surface area contributed by atoms with Gasteiger partial charge in [-0.25, -0.2) is 9.66 Å². The van der Waals surface area contributed by atoms with Gasteiger partial charge in [0, 0.05) is 17.3 Å². The summed E-state index contributed by atoms with van der Waals surface area (Å²) in [5.41, 5.74) is 9.42. The number of morpholine rings is 1. The molecule has 1 aliphatic rings. The summed E-state index contributed by atoms with van der Waals surface area (Å²) in [4.78, 5) is 7.01. The van der Waals surface area contributed by atoms with E-state index in [1.165, 1.54) is 4.68 Å². The van der Waals surface area contributed by atoms with Crippen LogP contribution in [0.25, 0.3) is 0 Å². The van der Waals surface area contributed by atoms with E-state index in [1.54, 1.807) is 23.6 Å². The molecule has 25 heavy (non-hydrogen) atoms. The Balaban J connectivity index is 1.85. The summed E-state index contributed by atoms with van der Waals surface area (Å²) in [5, 5.41) is 14.2. The van der Waals surface area contributed by atoms with Crippen LogP contribution in [-0.4, -0.2) is 28.9 Å². The van der Waals surface area contributed by atoms with Crippen LogP contribution in [0.5, 0.6) is 0 Å². The number of hydrogen-bond acceptors (Lipinski definition) is 7. The third-order valence-corrected chi connectivity index (χ3v) is 5.15. The van der Waals surface area contributed by atoms with Crippen molar-refractivity contribution >= 4 is 17.0 Å². The Morgan fingerprint density at radius 2 is 2.08 bits per heavy atom. The minimum absolute atomic E-state index is 0.0276. The Hall–Kier alpha value is -2.06. The second kappa shape index (κ2) is 6.68. The van der Waals surface area contributed by atoms with Crippen molar-refractivity contribution in [3.05, 3.63) is 39.9 Å². The fourth-order valence-corrected chi connectivity index (χ4v) is 3.90. The second-order valence-corrected chi connectivity index (χ2v) is 8.27. The lowest BCUT2D eigenvalue weighted by molar-refractivity contribution is -0.0176. The van der Waals surface area contributed by atoms with E-state index in [0.717, 1.165) is 22.9 Å². The van der Waals surface area contributed by atoms with Gasteiger partial charge in [0.05, 0.1) is 30.2 Å². The maximum Gasteiger partial charge on any atom is 0.147 e. The molecule has 0 aliphatic carbocycles. The predicted molar refractivity (Wildman–Crippen MR) is 97.1 cm³/mol. The minimum Gasteiger partial charge on any atom is -0.365 e. The summed E-state index contributed by atoms with van der Waals surface area (Å²) in [7, 11) is 0. The lowest BCUT2D eigenvalue weighted by Gasteiger charge is -2.37. The highest BCUT2D eigenvalue weighted by atomic mass is 32.1. The molecule has 0 unspecified atom stereocenters. The fourth-order valence-electron chi connectivity index (χ4n) is 2.83. The summed E-state index contributed by atoms with van der Waals surface area (Å²) < 4.78 is 7.39. The highest BCUT2D eigenvalue weighted by Crippen LogP contribution is 2.32. The zero-order valence-corrected chi connectivity index (χ0v) is 15.8. The maximum absolute atomic E-state index is 7.75. The van der Waals surface area contributed by atoms with Crippen molar-refractivity contribution in [1.29, 1.82) is 10.9 Å². The van der Waals surface area contributed by atoms with E-state index in [1.807, 2.05) is 6.07 Å². The first-order valence-electron chi connectivity index (χ1n) is 8.29. The van der Waals surface area contributed by atoms with E-state index in [9.17, 15) is 0 Å². The lowest BCUT2D eigenvalue weighted by Crippen LogP contribution is -2.43. The largest absolute Gasteiger partial charge is 0.365 e. The van der Waals surface area contributed by atoms with Gasteiger partial charge in [0.2, 0.25) is 0 Å². The van der Waals surface area contributed by atoms with E-state index >= 15 is 0 Å². The number of rotatable bonds is 3. The van der Waals surface area contributed by atoms with Gasteiger partial charge in [0.15, 0.2) is 0 Å². The molecule has 134 valence electrons. The van der Waals surface area contributed by atoms with Gasteiger partial charge in [-0.3, -0.25) is 5.41 Å². The number of aromatic nitrogens is 2. The quantitative estimate of drug-likeness (QED) is 0.821. The zero-order chi connectivity index (χ0) is 18.2. The molecule has 1 fully saturated rings. The Kier molecular flexibility index (Phi) is 4.75. The highest BCUT2D eigenvalue weighted by molar-refractivity contribution is 7.09. The third-order valence-electron chi connectivity index (χ3n) is 4.21. The summed E-state index contributed by atoms with van der Waals surface area (Å²) >= 11 is 1.65. The van der Waals surface area contributed by atoms with Crippen molar-refractivity contribution in [2.24, 2.45) is 5.22 Å². The molecule has 0 aromatic carbocycles. The normalized spacial score (nSPS) is 21.4. The summed E-state index contributed by atoms with van der Waals surface area (Å²) in [6.07, 6.45) is 1.70. The first-order chi connectivity index (χ1) is 11.8. The molecular weight excluding hydrogens is 336 g/mol. The van der Waals surface area contributed by atoms with Gasteiger partial charge in [-0.05, 0) is 19.1 Å². The number of hydrogen-bond donors (Lipinski definition) is 2. The molecule has 2 atom stereocenters. The topological polar surface area (TPSA) is 90.4 Å². The molecule has 0 saturated carbocycles. The monoisotopic (exact) mass is 360 g/mol. The average Bonchev–Trinajstić information content (AvgIpc) is 3.05. The molecule has 7 nitrogen and oxygen atoms in total. The number of nitrogens with zero attached hydrogens (tertiary/aromatic N) is 4. The van der Waals surface area contributed by atoms with Gasteiger partial charge in [-0.1, -0.05) is 26.0 Å². The van der Waals surface area contributed by atoms with E-state index in [0.29, 0.717) is 6.54 Å². The molecule has 0 amide bonds. The van der Waals surface area contributed by atoms with Crippen molar-refractivity contribution in [3.8, 4) is 0 Å². The van der Waals surface area contributed by atoms with Gasteiger partial charge < -0.3 is 9.64 Å². The Labute approximate surface area is 151 Å². The van der Waals surface area contributed by atoms with Crippen LogP contribution in [0.15, 0.2) is 28.9 Å². The van der Waals surface area contributed by atoms with Crippen molar-refractivity contribution < 1.29 is 4.74 Å². The van der Waals surface area contributed by atoms with Crippen LogP contribution in [-0.2, 0) is 10.2 Å². The molecule has 1 aliphatic heterocycles. The van der Waals surface area contributed by atoms with Gasteiger partial charge >= 0.3 is 0 Å². The molecule has 1 saturated heterocycles. The number of nitrogens with one attached hydrogen (secondary N) is 2. The van der Waals surface area contributed by atoms with Crippen molar-refractivity contribution in [1.82, 2.24) is 9.66 Å². The van der Waals surface area contributed by atoms with Crippen LogP contribution in [0, 0.1) is 10.9 Å². The van der Waals surface area contributed by atoms with Crippen LogP contribution in [0.2, 0.25) is 0 Å². The molecule has 0 spiro atoms. The van der Waals surface area contributed by atoms with Crippen molar-refractivity contribution in [2.75, 3.05) is 18.0 Å². The predicted octanol–water partition coefficient (Wildman–Crippen LogP) is 3.48. The second-order valence-electron chi connectivity index (χ2n) is 7.38. The van der Waals surface area contributed by atoms with E-state index < -0.39 is 0 Å². The third kappa shape index (κ3) is 3.80. The van der Waals surface area contributed by atoms with E-state index in [2.05, 4.69) is 43.2 Å². The standard InChI is InChI=1S/C17H24N6OS/c1-11-7-22(12-5-6-15(18)23(8-12)21-19)9-13(24-11)16-20-14(10-25-16)17(2,3)4/h5-6,8,10-11,13,18-19H,7,9H2,1-4H3/t11-,13+/m1/s1. The Morgan fingerprint density at radius 3 is 2.72 bits per heavy atom. The molecule has 0 radical (unpaired) electrons. The van der Waals surface area contributed by atoms with Crippen molar-refractivity contribution in [2.45, 2.75) is 45.3 Å². The maximum atomic E-state index is 7.75. The lowest BCUT2D eigenvalue weighted by atomic mass is 9.93. The van der Waals surface area contributed by atoms with Gasteiger partial charge in [0.25, 0.3) is 0 Å². The van der Waals surface area contributed by atoms with Crippen LogP contribution < -0.4 is 10.4 Å². The van der Waals surface area contributed by atoms with Crippen molar-refractivity contribution in [3.63, 3.8) is 0 Å². The van der Waals surface area contributed by atoms with Crippen LogP contribution >= 0.6 is 11.3 Å². The van der Waals surface area contributed by atoms with Crippen LogP contribution in [0.1, 0.15) is 44.5 Å². The van der Waals surface area contributed by atoms with Gasteiger partial charge in [-0.2, -0.15) is 5.53 Å². The number of thiazole rings is 1. The van der Waals surface area contributed by atoms with Gasteiger partial charge in [0.1, 0.15) is 16.6 Å². The molecule has 2 N–H and O–H groups in total. The number of ether oxygens (including phenoxy) is 1. The number of anilines is 1. The van der Waals surface area contributed by atoms with Crippen LogP contribution in [0.3, 0.4) is 0 Å². The molecule has 2 aromatic rings. The molecule has 8 heteroatoms. The molecular formula is C17H24N6OS. The van der Waals surface area contributed by atoms with E-state index in [-0.39, 0.29) is 23.1 Å². The molecule has 2 aromatic heterocycles. The van der Waals surface area contributed by atoms with Crippen LogP contribution in [0.4, 0.5) is 5.69 Å². The van der Waals surface area contributed by atoms with E-state index in [4.69, 9.17) is 20.7 Å². The first kappa shape index (κ1) is 17.8. The average molecular weight is 360 g/mol.